The van der Waals surface area contributed by atoms with Crippen molar-refractivity contribution in [3.8, 4) is 0 Å². The predicted molar refractivity (Wildman–Crippen MR) is 87.7 cm³/mol. The van der Waals surface area contributed by atoms with Gasteiger partial charge in [0.1, 0.15) is 5.82 Å². The van der Waals surface area contributed by atoms with Crippen molar-refractivity contribution in [1.82, 2.24) is 14.8 Å². The number of nitrogens with one attached hydrogen (secondary N) is 1. The molecule has 1 unspecified atom stereocenters. The molecule has 2 heterocycles. The van der Waals surface area contributed by atoms with Crippen molar-refractivity contribution < 1.29 is 14.7 Å². The third-order valence-corrected chi connectivity index (χ3v) is 4.13. The molecule has 0 aromatic carbocycles. The van der Waals surface area contributed by atoms with Gasteiger partial charge in [0.15, 0.2) is 0 Å². The lowest BCUT2D eigenvalue weighted by Gasteiger charge is -2.32. The van der Waals surface area contributed by atoms with E-state index in [1.54, 1.807) is 30.3 Å². The molecule has 0 bridgehead atoms. The second kappa shape index (κ2) is 6.44. The third-order valence-electron chi connectivity index (χ3n) is 4.13. The second-order valence-corrected chi connectivity index (χ2v) is 6.83. The summed E-state index contributed by atoms with van der Waals surface area (Å²) in [4.78, 5) is 30.6. The predicted octanol–water partition coefficient (Wildman–Crippen LogP) is 2.12. The van der Waals surface area contributed by atoms with E-state index in [0.717, 1.165) is 6.42 Å². The highest BCUT2D eigenvalue weighted by Crippen LogP contribution is 2.17. The molecule has 0 radical (unpaired) electrons. The molecule has 1 aromatic rings. The molecular formula is C16H24N4O3. The van der Waals surface area contributed by atoms with Gasteiger partial charge < -0.3 is 20.2 Å². The fraction of sp³-hybridized carbons (Fsp3) is 0.562. The van der Waals surface area contributed by atoms with Crippen LogP contribution in [0.25, 0.3) is 0 Å². The maximum atomic E-state index is 12.4. The van der Waals surface area contributed by atoms with Crippen molar-refractivity contribution >= 4 is 17.8 Å². The standard InChI is InChI=1S/C16H24N4O3/c1-16(2,3)19(4)14(21)11-5-6-13(17-9-11)18-12-7-8-20(10-12)15(22)23/h5-6,9,12H,7-8,10H2,1-4H3,(H,17,18)(H,22,23). The Bertz CT molecular complexity index is 580. The van der Waals surface area contributed by atoms with Crippen molar-refractivity contribution in [3.05, 3.63) is 23.9 Å². The van der Waals surface area contributed by atoms with Crippen LogP contribution in [-0.4, -0.2) is 63.6 Å². The average Bonchev–Trinajstić information content (AvgIpc) is 2.94. The number of hydrogen-bond acceptors (Lipinski definition) is 4. The molecule has 1 atom stereocenters. The van der Waals surface area contributed by atoms with Gasteiger partial charge in [-0.1, -0.05) is 0 Å². The van der Waals surface area contributed by atoms with E-state index in [4.69, 9.17) is 5.11 Å². The van der Waals surface area contributed by atoms with Crippen LogP contribution in [0.15, 0.2) is 18.3 Å². The van der Waals surface area contributed by atoms with Crippen LogP contribution < -0.4 is 5.32 Å². The Hall–Kier alpha value is -2.31. The van der Waals surface area contributed by atoms with Crippen LogP contribution in [0.3, 0.4) is 0 Å². The maximum Gasteiger partial charge on any atom is 0.407 e. The van der Waals surface area contributed by atoms with Gasteiger partial charge in [-0.2, -0.15) is 0 Å². The third kappa shape index (κ3) is 4.12. The van der Waals surface area contributed by atoms with Crippen LogP contribution >= 0.6 is 0 Å². The van der Waals surface area contributed by atoms with Crippen molar-refractivity contribution in [3.63, 3.8) is 0 Å². The van der Waals surface area contributed by atoms with Gasteiger partial charge in [-0.05, 0) is 39.3 Å². The van der Waals surface area contributed by atoms with Crippen LogP contribution in [0.4, 0.5) is 10.6 Å². The fourth-order valence-corrected chi connectivity index (χ4v) is 2.37. The lowest BCUT2D eigenvalue weighted by molar-refractivity contribution is 0.0655. The molecule has 2 N–H and O–H groups in total. The second-order valence-electron chi connectivity index (χ2n) is 6.83. The Morgan fingerprint density at radius 1 is 1.39 bits per heavy atom. The lowest BCUT2D eigenvalue weighted by atomic mass is 10.1. The molecule has 7 heteroatoms. The van der Waals surface area contributed by atoms with E-state index < -0.39 is 6.09 Å². The fourth-order valence-electron chi connectivity index (χ4n) is 2.37. The number of hydrogen-bond donors (Lipinski definition) is 2. The first-order valence-electron chi connectivity index (χ1n) is 7.67. The van der Waals surface area contributed by atoms with Crippen molar-refractivity contribution in [2.24, 2.45) is 0 Å². The van der Waals surface area contributed by atoms with E-state index in [9.17, 15) is 9.59 Å². The van der Waals surface area contributed by atoms with Crippen molar-refractivity contribution in [2.45, 2.75) is 38.8 Å². The highest BCUT2D eigenvalue weighted by atomic mass is 16.4. The SMILES string of the molecule is CN(C(=O)c1ccc(NC2CCN(C(=O)O)C2)nc1)C(C)(C)C. The number of anilines is 1. The monoisotopic (exact) mass is 320 g/mol. The van der Waals surface area contributed by atoms with Crippen LogP contribution in [0.1, 0.15) is 37.6 Å². The maximum absolute atomic E-state index is 12.4. The molecule has 1 aromatic heterocycles. The van der Waals surface area contributed by atoms with E-state index in [0.29, 0.717) is 24.5 Å². The van der Waals surface area contributed by atoms with Crippen LogP contribution in [0.2, 0.25) is 0 Å². The molecule has 0 saturated carbocycles. The molecular weight excluding hydrogens is 296 g/mol. The lowest BCUT2D eigenvalue weighted by Crippen LogP contribution is -2.42. The number of pyridine rings is 1. The molecule has 2 amide bonds. The summed E-state index contributed by atoms with van der Waals surface area (Å²) in [6.45, 7) is 6.90. The molecule has 7 nitrogen and oxygen atoms in total. The molecule has 1 saturated heterocycles. The Labute approximate surface area is 136 Å². The molecule has 1 aliphatic rings. The van der Waals surface area contributed by atoms with Gasteiger partial charge in [-0.25, -0.2) is 9.78 Å². The Morgan fingerprint density at radius 3 is 2.57 bits per heavy atom. The number of likely N-dealkylation sites (tertiary alicyclic amines) is 1. The molecule has 0 aliphatic carbocycles. The number of carboxylic acid groups (broad SMARTS) is 1. The largest absolute Gasteiger partial charge is 0.465 e. The number of amides is 2. The summed E-state index contributed by atoms with van der Waals surface area (Å²) in [5.41, 5.74) is 0.282. The number of carbonyl (C=O) groups excluding carboxylic acids is 1. The first-order chi connectivity index (χ1) is 10.7. The molecule has 1 aliphatic heterocycles. The van der Waals surface area contributed by atoms with Gasteiger partial charge in [0.25, 0.3) is 5.91 Å². The molecule has 23 heavy (non-hydrogen) atoms. The van der Waals surface area contributed by atoms with E-state index >= 15 is 0 Å². The van der Waals surface area contributed by atoms with E-state index in [1.807, 2.05) is 20.8 Å². The summed E-state index contributed by atoms with van der Waals surface area (Å²) in [5, 5.41) is 12.2. The topological polar surface area (TPSA) is 85.8 Å². The summed E-state index contributed by atoms with van der Waals surface area (Å²) >= 11 is 0. The number of carbonyl (C=O) groups is 2. The minimum atomic E-state index is -0.895. The van der Waals surface area contributed by atoms with Gasteiger partial charge in [-0.3, -0.25) is 4.79 Å². The highest BCUT2D eigenvalue weighted by Gasteiger charge is 2.26. The zero-order chi connectivity index (χ0) is 17.2. The van der Waals surface area contributed by atoms with Crippen molar-refractivity contribution in [2.75, 3.05) is 25.5 Å². The van der Waals surface area contributed by atoms with Gasteiger partial charge in [0.2, 0.25) is 0 Å². The normalized spacial score (nSPS) is 17.9. The summed E-state index contributed by atoms with van der Waals surface area (Å²) in [6.07, 6.45) is 1.41. The van der Waals surface area contributed by atoms with Crippen LogP contribution in [0, 0.1) is 0 Å². The number of aromatic nitrogens is 1. The first-order valence-corrected chi connectivity index (χ1v) is 7.67. The van der Waals surface area contributed by atoms with E-state index in [2.05, 4.69) is 10.3 Å². The van der Waals surface area contributed by atoms with Crippen LogP contribution in [0.5, 0.6) is 0 Å². The zero-order valence-corrected chi connectivity index (χ0v) is 14.0. The average molecular weight is 320 g/mol. The smallest absolute Gasteiger partial charge is 0.407 e. The quantitative estimate of drug-likeness (QED) is 0.891. The minimum Gasteiger partial charge on any atom is -0.465 e. The Morgan fingerprint density at radius 2 is 2.09 bits per heavy atom. The highest BCUT2D eigenvalue weighted by molar-refractivity contribution is 5.94. The molecule has 2 rings (SSSR count). The van der Waals surface area contributed by atoms with E-state index in [-0.39, 0.29) is 17.5 Å². The van der Waals surface area contributed by atoms with Gasteiger partial charge in [-0.15, -0.1) is 0 Å². The Kier molecular flexibility index (Phi) is 4.77. The minimum absolute atomic E-state index is 0.0531. The van der Waals surface area contributed by atoms with Gasteiger partial charge >= 0.3 is 6.09 Å². The van der Waals surface area contributed by atoms with Crippen molar-refractivity contribution in [1.29, 1.82) is 0 Å². The summed E-state index contributed by atoms with van der Waals surface area (Å²) in [5.74, 6) is 0.576. The van der Waals surface area contributed by atoms with Crippen LogP contribution in [-0.2, 0) is 0 Å². The molecule has 0 spiro atoms. The number of nitrogens with zero attached hydrogens (tertiary/aromatic N) is 3. The Balaban J connectivity index is 1.98. The summed E-state index contributed by atoms with van der Waals surface area (Å²) in [7, 11) is 1.77. The zero-order valence-electron chi connectivity index (χ0n) is 14.0. The van der Waals surface area contributed by atoms with Gasteiger partial charge in [0, 0.05) is 37.9 Å². The molecule has 126 valence electrons. The summed E-state index contributed by atoms with van der Waals surface area (Å²) in [6, 6.07) is 3.55. The molecule has 1 fully saturated rings. The number of rotatable bonds is 3. The first kappa shape index (κ1) is 17.1. The van der Waals surface area contributed by atoms with E-state index in [1.165, 1.54) is 4.90 Å². The van der Waals surface area contributed by atoms with Gasteiger partial charge in [0.05, 0.1) is 5.56 Å². The summed E-state index contributed by atoms with van der Waals surface area (Å²) < 4.78 is 0.